The SMILES string of the molecule is O=C(NCCCNC(=O)C1(C(=O)O)CC1)c1cccc(Br)c1. The number of benzene rings is 1. The van der Waals surface area contributed by atoms with E-state index in [1.807, 2.05) is 6.07 Å². The molecule has 0 radical (unpaired) electrons. The first-order chi connectivity index (χ1) is 10.5. The summed E-state index contributed by atoms with van der Waals surface area (Å²) in [6.07, 6.45) is 1.34. The number of nitrogens with one attached hydrogen (secondary N) is 2. The highest BCUT2D eigenvalue weighted by molar-refractivity contribution is 9.10. The molecule has 0 heterocycles. The van der Waals surface area contributed by atoms with Crippen LogP contribution in [0.1, 0.15) is 29.6 Å². The van der Waals surface area contributed by atoms with Gasteiger partial charge in [-0.05, 0) is 37.5 Å². The third-order valence-corrected chi connectivity index (χ3v) is 4.10. The van der Waals surface area contributed by atoms with Gasteiger partial charge in [0.15, 0.2) is 0 Å². The number of aliphatic carboxylic acids is 1. The molecule has 0 spiro atoms. The summed E-state index contributed by atoms with van der Waals surface area (Å²) < 4.78 is 0.829. The molecule has 1 aromatic rings. The third-order valence-electron chi connectivity index (χ3n) is 3.61. The van der Waals surface area contributed by atoms with Crippen molar-refractivity contribution in [3.05, 3.63) is 34.3 Å². The molecular weight excluding hydrogens is 352 g/mol. The summed E-state index contributed by atoms with van der Waals surface area (Å²) in [5.74, 6) is -1.68. The molecular formula is C15H17BrN2O4. The molecule has 1 fully saturated rings. The lowest BCUT2D eigenvalue weighted by Crippen LogP contribution is -2.38. The number of amides is 2. The molecule has 2 rings (SSSR count). The van der Waals surface area contributed by atoms with Gasteiger partial charge in [-0.25, -0.2) is 0 Å². The Kier molecular flexibility index (Phi) is 5.18. The van der Waals surface area contributed by atoms with Crippen LogP contribution >= 0.6 is 15.9 Å². The van der Waals surface area contributed by atoms with Crippen molar-refractivity contribution in [1.29, 1.82) is 0 Å². The van der Waals surface area contributed by atoms with Gasteiger partial charge in [0.05, 0.1) is 0 Å². The fourth-order valence-corrected chi connectivity index (χ4v) is 2.46. The van der Waals surface area contributed by atoms with E-state index >= 15 is 0 Å². The third kappa shape index (κ3) is 3.85. The minimum Gasteiger partial charge on any atom is -0.480 e. The van der Waals surface area contributed by atoms with E-state index in [4.69, 9.17) is 5.11 Å². The van der Waals surface area contributed by atoms with E-state index in [1.54, 1.807) is 18.2 Å². The Balaban J connectivity index is 1.66. The highest BCUT2D eigenvalue weighted by atomic mass is 79.9. The van der Waals surface area contributed by atoms with Gasteiger partial charge in [0.1, 0.15) is 5.41 Å². The maximum Gasteiger partial charge on any atom is 0.319 e. The van der Waals surface area contributed by atoms with Crippen LogP contribution < -0.4 is 10.6 Å². The Morgan fingerprint density at radius 3 is 2.45 bits per heavy atom. The first-order valence-electron chi connectivity index (χ1n) is 7.01. The van der Waals surface area contributed by atoms with Crippen molar-refractivity contribution in [3.63, 3.8) is 0 Å². The minimum atomic E-state index is -1.21. The van der Waals surface area contributed by atoms with E-state index in [9.17, 15) is 14.4 Å². The van der Waals surface area contributed by atoms with E-state index in [-0.39, 0.29) is 5.91 Å². The lowest BCUT2D eigenvalue weighted by molar-refractivity contribution is -0.149. The largest absolute Gasteiger partial charge is 0.480 e. The predicted octanol–water partition coefficient (Wildman–Crippen LogP) is 1.55. The molecule has 1 aromatic carbocycles. The van der Waals surface area contributed by atoms with Gasteiger partial charge in [-0.15, -0.1) is 0 Å². The van der Waals surface area contributed by atoms with E-state index in [2.05, 4.69) is 26.6 Å². The normalized spacial score (nSPS) is 15.0. The van der Waals surface area contributed by atoms with Crippen molar-refractivity contribution in [2.45, 2.75) is 19.3 Å². The average molecular weight is 369 g/mol. The maximum absolute atomic E-state index is 11.9. The summed E-state index contributed by atoms with van der Waals surface area (Å²) in [6, 6.07) is 7.05. The zero-order valence-electron chi connectivity index (χ0n) is 11.9. The lowest BCUT2D eigenvalue weighted by atomic mass is 10.1. The standard InChI is InChI=1S/C15H17BrN2O4/c16-11-4-1-3-10(9-11)12(19)17-7-2-8-18-13(20)15(5-6-15)14(21)22/h1,3-4,9H,2,5-8H2,(H,17,19)(H,18,20)(H,21,22). The second kappa shape index (κ2) is 6.91. The molecule has 1 saturated carbocycles. The molecule has 7 heteroatoms. The summed E-state index contributed by atoms with van der Waals surface area (Å²) in [5.41, 5.74) is -0.652. The molecule has 0 atom stereocenters. The van der Waals surface area contributed by atoms with Gasteiger partial charge in [0, 0.05) is 23.1 Å². The highest BCUT2D eigenvalue weighted by Crippen LogP contribution is 2.45. The first kappa shape index (κ1) is 16.5. The number of carbonyl (C=O) groups excluding carboxylic acids is 2. The van der Waals surface area contributed by atoms with E-state index in [0.717, 1.165) is 4.47 Å². The molecule has 3 N–H and O–H groups in total. The van der Waals surface area contributed by atoms with E-state index < -0.39 is 17.3 Å². The summed E-state index contributed by atoms with van der Waals surface area (Å²) in [6.45, 7) is 0.748. The molecule has 6 nitrogen and oxygen atoms in total. The molecule has 0 aromatic heterocycles. The van der Waals surface area contributed by atoms with Crippen LogP contribution in [0.4, 0.5) is 0 Å². The Morgan fingerprint density at radius 2 is 1.86 bits per heavy atom. The van der Waals surface area contributed by atoms with Crippen LogP contribution in [0.25, 0.3) is 0 Å². The Bertz CT molecular complexity index is 599. The van der Waals surface area contributed by atoms with Gasteiger partial charge in [-0.1, -0.05) is 22.0 Å². The smallest absolute Gasteiger partial charge is 0.319 e. The second-order valence-electron chi connectivity index (χ2n) is 5.26. The van der Waals surface area contributed by atoms with Crippen LogP contribution in [-0.2, 0) is 9.59 Å². The van der Waals surface area contributed by atoms with Gasteiger partial charge < -0.3 is 15.7 Å². The fraction of sp³-hybridized carbons (Fsp3) is 0.400. The summed E-state index contributed by atoms with van der Waals surface area (Å²) in [7, 11) is 0. The summed E-state index contributed by atoms with van der Waals surface area (Å²) >= 11 is 3.30. The molecule has 1 aliphatic carbocycles. The Hall–Kier alpha value is -1.89. The van der Waals surface area contributed by atoms with Gasteiger partial charge in [-0.2, -0.15) is 0 Å². The minimum absolute atomic E-state index is 0.183. The predicted molar refractivity (Wildman–Crippen MR) is 83.4 cm³/mol. The van der Waals surface area contributed by atoms with Crippen LogP contribution in [0.3, 0.4) is 0 Å². The Morgan fingerprint density at radius 1 is 1.18 bits per heavy atom. The van der Waals surface area contributed by atoms with Gasteiger partial charge in [0.25, 0.3) is 5.91 Å². The number of carbonyl (C=O) groups is 3. The zero-order chi connectivity index (χ0) is 16.2. The molecule has 0 saturated heterocycles. The van der Waals surface area contributed by atoms with Crippen molar-refractivity contribution in [1.82, 2.24) is 10.6 Å². The van der Waals surface area contributed by atoms with Crippen LogP contribution in [0, 0.1) is 5.41 Å². The molecule has 0 bridgehead atoms. The van der Waals surface area contributed by atoms with Crippen LogP contribution in [-0.4, -0.2) is 36.0 Å². The number of halogens is 1. The summed E-state index contributed by atoms with van der Waals surface area (Å²) in [5, 5.41) is 14.3. The molecule has 22 heavy (non-hydrogen) atoms. The van der Waals surface area contributed by atoms with E-state index in [0.29, 0.717) is 37.9 Å². The molecule has 118 valence electrons. The number of hydrogen-bond donors (Lipinski definition) is 3. The van der Waals surface area contributed by atoms with Crippen LogP contribution in [0.5, 0.6) is 0 Å². The number of rotatable bonds is 7. The monoisotopic (exact) mass is 368 g/mol. The topological polar surface area (TPSA) is 95.5 Å². The highest BCUT2D eigenvalue weighted by Gasteiger charge is 2.56. The van der Waals surface area contributed by atoms with Crippen molar-refractivity contribution in [2.24, 2.45) is 5.41 Å². The molecule has 2 amide bonds. The van der Waals surface area contributed by atoms with Gasteiger partial charge in [0.2, 0.25) is 5.91 Å². The maximum atomic E-state index is 11.9. The zero-order valence-corrected chi connectivity index (χ0v) is 13.5. The number of hydrogen-bond acceptors (Lipinski definition) is 3. The molecule has 0 unspecified atom stereocenters. The van der Waals surface area contributed by atoms with E-state index in [1.165, 1.54) is 0 Å². The average Bonchev–Trinajstić information content (AvgIpc) is 3.28. The Labute approximate surface area is 136 Å². The van der Waals surface area contributed by atoms with Crippen LogP contribution in [0.15, 0.2) is 28.7 Å². The quantitative estimate of drug-likeness (QED) is 0.502. The van der Waals surface area contributed by atoms with Crippen molar-refractivity contribution >= 4 is 33.7 Å². The lowest BCUT2D eigenvalue weighted by Gasteiger charge is -2.11. The second-order valence-corrected chi connectivity index (χ2v) is 6.18. The fourth-order valence-electron chi connectivity index (χ4n) is 2.06. The van der Waals surface area contributed by atoms with Gasteiger partial charge >= 0.3 is 5.97 Å². The van der Waals surface area contributed by atoms with Gasteiger partial charge in [-0.3, -0.25) is 14.4 Å². The van der Waals surface area contributed by atoms with Crippen molar-refractivity contribution in [2.75, 3.05) is 13.1 Å². The molecule has 1 aliphatic rings. The van der Waals surface area contributed by atoms with Crippen molar-refractivity contribution < 1.29 is 19.5 Å². The molecule has 0 aliphatic heterocycles. The summed E-state index contributed by atoms with van der Waals surface area (Å²) in [4.78, 5) is 34.6. The first-order valence-corrected chi connectivity index (χ1v) is 7.80. The number of carboxylic acids is 1. The van der Waals surface area contributed by atoms with Crippen LogP contribution in [0.2, 0.25) is 0 Å². The number of carboxylic acid groups (broad SMARTS) is 1. The van der Waals surface area contributed by atoms with Crippen molar-refractivity contribution in [3.8, 4) is 0 Å².